The fourth-order valence-corrected chi connectivity index (χ4v) is 3.03. The summed E-state index contributed by atoms with van der Waals surface area (Å²) in [4.78, 5) is 14.1. The zero-order chi connectivity index (χ0) is 16.3. The number of aliphatic hydroxyl groups is 1. The number of halogens is 1. The minimum Gasteiger partial charge on any atom is -0.396 e. The lowest BCUT2D eigenvalue weighted by atomic mass is 10.0. The summed E-state index contributed by atoms with van der Waals surface area (Å²) in [6.07, 6.45) is 3.65. The van der Waals surface area contributed by atoms with Crippen molar-refractivity contribution in [3.05, 3.63) is 30.1 Å². The highest BCUT2D eigenvalue weighted by Crippen LogP contribution is 2.44. The van der Waals surface area contributed by atoms with Gasteiger partial charge in [0.2, 0.25) is 0 Å². The molecule has 0 spiro atoms. The molecule has 5 nitrogen and oxygen atoms in total. The molecule has 0 unspecified atom stereocenters. The fraction of sp³-hybridized carbons (Fsp3) is 0.588. The monoisotopic (exact) mass is 321 g/mol. The number of benzene rings is 1. The number of carbonyl (C=O) groups excluding carboxylic acids is 1. The van der Waals surface area contributed by atoms with Crippen LogP contribution in [0.1, 0.15) is 25.7 Å². The molecule has 2 amide bonds. The Bertz CT molecular complexity index is 555. The number of hydrogen-bond donors (Lipinski definition) is 3. The van der Waals surface area contributed by atoms with Gasteiger partial charge in [-0.25, -0.2) is 9.18 Å². The third-order valence-corrected chi connectivity index (χ3v) is 4.92. The van der Waals surface area contributed by atoms with E-state index < -0.39 is 0 Å². The van der Waals surface area contributed by atoms with Crippen LogP contribution in [0, 0.1) is 11.2 Å². The molecule has 1 saturated carbocycles. The summed E-state index contributed by atoms with van der Waals surface area (Å²) >= 11 is 0. The van der Waals surface area contributed by atoms with E-state index >= 15 is 0 Å². The molecule has 0 bridgehead atoms. The van der Waals surface area contributed by atoms with Crippen LogP contribution in [-0.2, 0) is 0 Å². The summed E-state index contributed by atoms with van der Waals surface area (Å²) in [5, 5.41) is 15.1. The summed E-state index contributed by atoms with van der Waals surface area (Å²) in [7, 11) is 0. The number of nitrogens with zero attached hydrogens (tertiary/aromatic N) is 1. The first kappa shape index (κ1) is 16.1. The molecule has 126 valence electrons. The van der Waals surface area contributed by atoms with Gasteiger partial charge in [-0.2, -0.15) is 0 Å². The van der Waals surface area contributed by atoms with Crippen molar-refractivity contribution >= 4 is 11.7 Å². The van der Waals surface area contributed by atoms with E-state index in [0.29, 0.717) is 6.54 Å². The second-order valence-electron chi connectivity index (χ2n) is 6.73. The number of aliphatic hydroxyl groups excluding tert-OH is 1. The minimum atomic E-state index is -0.222. The van der Waals surface area contributed by atoms with Crippen LogP contribution >= 0.6 is 0 Å². The maximum atomic E-state index is 13.3. The van der Waals surface area contributed by atoms with Crippen LogP contribution in [0.5, 0.6) is 0 Å². The Morgan fingerprint density at radius 3 is 2.70 bits per heavy atom. The van der Waals surface area contributed by atoms with Gasteiger partial charge in [0.25, 0.3) is 0 Å². The zero-order valence-electron chi connectivity index (χ0n) is 13.2. The number of nitrogens with one attached hydrogen (secondary N) is 2. The van der Waals surface area contributed by atoms with Crippen molar-refractivity contribution in [2.24, 2.45) is 5.41 Å². The number of piperidine rings is 1. The Hall–Kier alpha value is -1.82. The van der Waals surface area contributed by atoms with Crippen LogP contribution in [0.4, 0.5) is 14.9 Å². The summed E-state index contributed by atoms with van der Waals surface area (Å²) < 4.78 is 13.3. The highest BCUT2D eigenvalue weighted by Gasteiger charge is 2.42. The number of carbonyl (C=O) groups is 1. The lowest BCUT2D eigenvalue weighted by Gasteiger charge is -2.34. The molecule has 1 heterocycles. The molecule has 2 fully saturated rings. The van der Waals surface area contributed by atoms with Crippen molar-refractivity contribution in [1.82, 2.24) is 10.6 Å². The zero-order valence-corrected chi connectivity index (χ0v) is 13.2. The van der Waals surface area contributed by atoms with Crippen LogP contribution in [0.2, 0.25) is 0 Å². The van der Waals surface area contributed by atoms with Crippen LogP contribution < -0.4 is 15.5 Å². The normalized spacial score (nSPS) is 20.2. The highest BCUT2D eigenvalue weighted by molar-refractivity contribution is 5.74. The summed E-state index contributed by atoms with van der Waals surface area (Å²) in [6, 6.07) is 6.61. The van der Waals surface area contributed by atoms with Crippen molar-refractivity contribution in [1.29, 1.82) is 0 Å². The van der Waals surface area contributed by atoms with E-state index in [1.54, 1.807) is 12.1 Å². The molecule has 2 aliphatic rings. The maximum Gasteiger partial charge on any atom is 0.315 e. The molecule has 23 heavy (non-hydrogen) atoms. The van der Waals surface area contributed by atoms with Gasteiger partial charge in [0, 0.05) is 36.8 Å². The Labute approximate surface area is 135 Å². The van der Waals surface area contributed by atoms with Crippen molar-refractivity contribution in [2.75, 3.05) is 31.1 Å². The topological polar surface area (TPSA) is 64.6 Å². The van der Waals surface area contributed by atoms with E-state index in [2.05, 4.69) is 15.5 Å². The standard InChI is InChI=1S/C17H24FN3O2/c18-13-2-1-3-15(10-13)21-8-4-14(5-9-21)20-16(23)19-11-17(12-22)6-7-17/h1-3,10,14,22H,4-9,11-12H2,(H2,19,20,23). The van der Waals surface area contributed by atoms with Crippen LogP contribution in [0.15, 0.2) is 24.3 Å². The van der Waals surface area contributed by atoms with Gasteiger partial charge in [0.05, 0.1) is 6.61 Å². The summed E-state index contributed by atoms with van der Waals surface area (Å²) in [6.45, 7) is 2.28. The molecule has 3 N–H and O–H groups in total. The number of anilines is 1. The number of rotatable bonds is 5. The molecule has 1 aliphatic heterocycles. The Kier molecular flexibility index (Phi) is 4.71. The molecule has 1 aromatic rings. The Morgan fingerprint density at radius 2 is 2.09 bits per heavy atom. The molecule has 3 rings (SSSR count). The van der Waals surface area contributed by atoms with Gasteiger partial charge in [0.1, 0.15) is 5.82 Å². The molecular formula is C17H24FN3O2. The van der Waals surface area contributed by atoms with Gasteiger partial charge >= 0.3 is 6.03 Å². The predicted octanol–water partition coefficient (Wildman–Crippen LogP) is 1.87. The first-order valence-corrected chi connectivity index (χ1v) is 8.26. The first-order chi connectivity index (χ1) is 11.1. The van der Waals surface area contributed by atoms with Gasteiger partial charge in [0.15, 0.2) is 0 Å². The maximum absolute atomic E-state index is 13.3. The Balaban J connectivity index is 1.41. The van der Waals surface area contributed by atoms with Gasteiger partial charge in [-0.1, -0.05) is 6.07 Å². The van der Waals surface area contributed by atoms with Crippen LogP contribution in [0.3, 0.4) is 0 Å². The van der Waals surface area contributed by atoms with E-state index in [0.717, 1.165) is 44.5 Å². The average molecular weight is 321 g/mol. The molecule has 1 aromatic carbocycles. The van der Waals surface area contributed by atoms with Gasteiger partial charge in [-0.15, -0.1) is 0 Å². The third-order valence-electron chi connectivity index (χ3n) is 4.92. The number of amides is 2. The second-order valence-corrected chi connectivity index (χ2v) is 6.73. The fourth-order valence-electron chi connectivity index (χ4n) is 3.03. The van der Waals surface area contributed by atoms with Crippen molar-refractivity contribution < 1.29 is 14.3 Å². The molecule has 1 saturated heterocycles. The van der Waals surface area contributed by atoms with Crippen molar-refractivity contribution in [2.45, 2.75) is 31.7 Å². The lowest BCUT2D eigenvalue weighted by Crippen LogP contribution is -2.49. The molecule has 1 aliphatic carbocycles. The van der Waals surface area contributed by atoms with Gasteiger partial charge in [-0.05, 0) is 43.9 Å². The minimum absolute atomic E-state index is 0.0713. The SMILES string of the molecule is O=C(NCC1(CO)CC1)NC1CCN(c2cccc(F)c2)CC1. The summed E-state index contributed by atoms with van der Waals surface area (Å²) in [5.74, 6) is -0.222. The second kappa shape index (κ2) is 6.74. The highest BCUT2D eigenvalue weighted by atomic mass is 19.1. The number of urea groups is 1. The lowest BCUT2D eigenvalue weighted by molar-refractivity contribution is 0.201. The number of hydrogen-bond acceptors (Lipinski definition) is 3. The molecule has 0 atom stereocenters. The smallest absolute Gasteiger partial charge is 0.315 e. The summed E-state index contributed by atoms with van der Waals surface area (Å²) in [5.41, 5.74) is 0.824. The largest absolute Gasteiger partial charge is 0.396 e. The van der Waals surface area contributed by atoms with Crippen LogP contribution in [-0.4, -0.2) is 43.4 Å². The van der Waals surface area contributed by atoms with Gasteiger partial charge in [-0.3, -0.25) is 0 Å². The van der Waals surface area contributed by atoms with E-state index in [-0.39, 0.29) is 29.9 Å². The first-order valence-electron chi connectivity index (χ1n) is 8.26. The van der Waals surface area contributed by atoms with E-state index in [9.17, 15) is 14.3 Å². The van der Waals surface area contributed by atoms with Crippen molar-refractivity contribution in [3.8, 4) is 0 Å². The van der Waals surface area contributed by atoms with Crippen LogP contribution in [0.25, 0.3) is 0 Å². The van der Waals surface area contributed by atoms with E-state index in [1.165, 1.54) is 6.07 Å². The Morgan fingerprint density at radius 1 is 1.35 bits per heavy atom. The average Bonchev–Trinajstić information content (AvgIpc) is 3.34. The molecular weight excluding hydrogens is 297 g/mol. The third kappa shape index (κ3) is 4.13. The van der Waals surface area contributed by atoms with E-state index in [1.807, 2.05) is 6.07 Å². The predicted molar refractivity (Wildman–Crippen MR) is 86.9 cm³/mol. The molecule has 6 heteroatoms. The van der Waals surface area contributed by atoms with Crippen molar-refractivity contribution in [3.63, 3.8) is 0 Å². The van der Waals surface area contributed by atoms with Gasteiger partial charge < -0.3 is 20.6 Å². The van der Waals surface area contributed by atoms with E-state index in [4.69, 9.17) is 0 Å². The quantitative estimate of drug-likeness (QED) is 0.776. The molecule has 0 radical (unpaired) electrons. The molecule has 0 aromatic heterocycles.